The van der Waals surface area contributed by atoms with Crippen LogP contribution < -0.4 is 5.32 Å². The summed E-state index contributed by atoms with van der Waals surface area (Å²) in [5, 5.41) is 14.5. The van der Waals surface area contributed by atoms with E-state index >= 15 is 0 Å². The van der Waals surface area contributed by atoms with Crippen molar-refractivity contribution in [3.63, 3.8) is 0 Å². The summed E-state index contributed by atoms with van der Waals surface area (Å²) in [6, 6.07) is 21.2. The number of hydrogen-bond donors (Lipinski definition) is 1. The van der Waals surface area contributed by atoms with Crippen molar-refractivity contribution in [3.8, 4) is 11.3 Å². The molecule has 0 fully saturated rings. The van der Waals surface area contributed by atoms with Gasteiger partial charge in [-0.15, -0.1) is 0 Å². The Bertz CT molecular complexity index is 1300. The third kappa shape index (κ3) is 3.75. The van der Waals surface area contributed by atoms with Gasteiger partial charge < -0.3 is 5.32 Å². The maximum atomic E-state index is 13.1. The minimum atomic E-state index is -0.491. The van der Waals surface area contributed by atoms with Gasteiger partial charge in [0.15, 0.2) is 0 Å². The van der Waals surface area contributed by atoms with Crippen molar-refractivity contribution in [1.29, 1.82) is 0 Å². The molecule has 0 atom stereocenters. The average Bonchev–Trinajstić information content (AvgIpc) is 2.75. The molecule has 1 amide bonds. The van der Waals surface area contributed by atoms with Crippen molar-refractivity contribution in [1.82, 2.24) is 4.98 Å². The maximum absolute atomic E-state index is 13.1. The zero-order chi connectivity index (χ0) is 21.3. The Labute approximate surface area is 173 Å². The van der Waals surface area contributed by atoms with Crippen LogP contribution in [0.15, 0.2) is 72.8 Å². The van der Waals surface area contributed by atoms with Crippen LogP contribution in [0.5, 0.6) is 0 Å². The van der Waals surface area contributed by atoms with E-state index < -0.39 is 4.92 Å². The Balaban J connectivity index is 1.79. The van der Waals surface area contributed by atoms with Crippen molar-refractivity contribution < 1.29 is 9.72 Å². The fourth-order valence-electron chi connectivity index (χ4n) is 3.31. The smallest absolute Gasteiger partial charge is 0.271 e. The highest BCUT2D eigenvalue weighted by Crippen LogP contribution is 2.27. The minimum absolute atomic E-state index is 0.0804. The molecule has 1 heterocycles. The number of para-hydroxylation sites is 1. The SMILES string of the molecule is Cc1ccc(-c2cc(C(=O)Nc3cccc([N+](=O)[O-])c3)c3ccccc3n2)cc1C. The molecule has 0 aliphatic rings. The third-order valence-corrected chi connectivity index (χ3v) is 5.08. The first kappa shape index (κ1) is 19.3. The zero-order valence-electron chi connectivity index (χ0n) is 16.5. The van der Waals surface area contributed by atoms with E-state index in [0.29, 0.717) is 27.8 Å². The van der Waals surface area contributed by atoms with Gasteiger partial charge in [-0.05, 0) is 49.2 Å². The quantitative estimate of drug-likeness (QED) is 0.355. The highest BCUT2D eigenvalue weighted by Gasteiger charge is 2.15. The molecule has 0 saturated heterocycles. The van der Waals surface area contributed by atoms with Gasteiger partial charge in [0.25, 0.3) is 11.6 Å². The summed E-state index contributed by atoms with van der Waals surface area (Å²) in [4.78, 5) is 28.4. The first-order chi connectivity index (χ1) is 14.4. The summed E-state index contributed by atoms with van der Waals surface area (Å²) in [6.07, 6.45) is 0. The molecule has 0 aliphatic heterocycles. The number of hydrogen-bond acceptors (Lipinski definition) is 4. The number of carbonyl (C=O) groups excluding carboxylic acids is 1. The molecule has 6 nitrogen and oxygen atoms in total. The number of nitrogens with zero attached hydrogens (tertiary/aromatic N) is 2. The largest absolute Gasteiger partial charge is 0.322 e. The average molecular weight is 397 g/mol. The van der Waals surface area contributed by atoms with Gasteiger partial charge >= 0.3 is 0 Å². The Hall–Kier alpha value is -4.06. The lowest BCUT2D eigenvalue weighted by molar-refractivity contribution is -0.384. The van der Waals surface area contributed by atoms with Crippen LogP contribution in [0.4, 0.5) is 11.4 Å². The molecule has 0 spiro atoms. The predicted octanol–water partition coefficient (Wildman–Crippen LogP) is 5.68. The molecule has 0 saturated carbocycles. The molecule has 1 N–H and O–H groups in total. The van der Waals surface area contributed by atoms with E-state index in [1.54, 1.807) is 18.2 Å². The monoisotopic (exact) mass is 397 g/mol. The molecule has 148 valence electrons. The van der Waals surface area contributed by atoms with Crippen LogP contribution in [0.2, 0.25) is 0 Å². The van der Waals surface area contributed by atoms with Gasteiger partial charge in [-0.2, -0.15) is 0 Å². The fraction of sp³-hybridized carbons (Fsp3) is 0.0833. The normalized spacial score (nSPS) is 10.7. The number of carbonyl (C=O) groups is 1. The lowest BCUT2D eigenvalue weighted by Crippen LogP contribution is -2.13. The van der Waals surface area contributed by atoms with Crippen LogP contribution in [-0.2, 0) is 0 Å². The van der Waals surface area contributed by atoms with Gasteiger partial charge in [0, 0.05) is 28.8 Å². The first-order valence-electron chi connectivity index (χ1n) is 9.45. The van der Waals surface area contributed by atoms with Gasteiger partial charge in [0.05, 0.1) is 21.7 Å². The van der Waals surface area contributed by atoms with E-state index in [0.717, 1.165) is 11.1 Å². The summed E-state index contributed by atoms with van der Waals surface area (Å²) >= 11 is 0. The van der Waals surface area contributed by atoms with Gasteiger partial charge in [-0.1, -0.05) is 36.4 Å². The Morgan fingerprint density at radius 3 is 2.50 bits per heavy atom. The molecular formula is C24H19N3O3. The first-order valence-corrected chi connectivity index (χ1v) is 9.45. The van der Waals surface area contributed by atoms with Crippen molar-refractivity contribution in [3.05, 3.63) is 99.6 Å². The molecule has 1 aromatic heterocycles. The van der Waals surface area contributed by atoms with Gasteiger partial charge in [-0.25, -0.2) is 4.98 Å². The number of non-ortho nitro benzene ring substituents is 1. The maximum Gasteiger partial charge on any atom is 0.271 e. The predicted molar refractivity (Wildman–Crippen MR) is 118 cm³/mol. The lowest BCUT2D eigenvalue weighted by atomic mass is 10.0. The Kier molecular flexibility index (Phi) is 4.98. The molecule has 0 aliphatic carbocycles. The van der Waals surface area contributed by atoms with Crippen LogP contribution in [0, 0.1) is 24.0 Å². The molecular weight excluding hydrogens is 378 g/mol. The molecule has 0 unspecified atom stereocenters. The third-order valence-electron chi connectivity index (χ3n) is 5.08. The Morgan fingerprint density at radius 2 is 1.73 bits per heavy atom. The number of benzene rings is 3. The molecule has 4 aromatic rings. The summed E-state index contributed by atoms with van der Waals surface area (Å²) in [5.74, 6) is -0.348. The second-order valence-electron chi connectivity index (χ2n) is 7.13. The van der Waals surface area contributed by atoms with E-state index in [-0.39, 0.29) is 11.6 Å². The second kappa shape index (κ2) is 7.75. The number of aryl methyl sites for hydroxylation is 2. The summed E-state index contributed by atoms with van der Waals surface area (Å²) in [6.45, 7) is 4.08. The molecule has 0 radical (unpaired) electrons. The number of anilines is 1. The molecule has 0 bridgehead atoms. The molecule has 3 aromatic carbocycles. The van der Waals surface area contributed by atoms with Crippen molar-refractivity contribution >= 4 is 28.2 Å². The number of fused-ring (bicyclic) bond motifs is 1. The van der Waals surface area contributed by atoms with E-state index in [1.165, 1.54) is 17.7 Å². The van der Waals surface area contributed by atoms with Crippen molar-refractivity contribution in [2.75, 3.05) is 5.32 Å². The van der Waals surface area contributed by atoms with Crippen LogP contribution >= 0.6 is 0 Å². The van der Waals surface area contributed by atoms with Crippen LogP contribution in [-0.4, -0.2) is 15.8 Å². The summed E-state index contributed by atoms with van der Waals surface area (Å²) in [7, 11) is 0. The van der Waals surface area contributed by atoms with Crippen molar-refractivity contribution in [2.24, 2.45) is 0 Å². The van der Waals surface area contributed by atoms with Gasteiger partial charge in [0.1, 0.15) is 0 Å². The van der Waals surface area contributed by atoms with E-state index in [1.807, 2.05) is 50.2 Å². The highest BCUT2D eigenvalue weighted by molar-refractivity contribution is 6.13. The number of aromatic nitrogens is 1. The van der Waals surface area contributed by atoms with Crippen LogP contribution in [0.1, 0.15) is 21.5 Å². The van der Waals surface area contributed by atoms with Gasteiger partial charge in [-0.3, -0.25) is 14.9 Å². The number of amides is 1. The van der Waals surface area contributed by atoms with Crippen LogP contribution in [0.3, 0.4) is 0 Å². The van der Waals surface area contributed by atoms with Gasteiger partial charge in [0.2, 0.25) is 0 Å². The standard InChI is InChI=1S/C24H19N3O3/c1-15-10-11-17(12-16(15)2)23-14-21(20-8-3-4-9-22(20)26-23)24(28)25-18-6-5-7-19(13-18)27(29)30/h3-14H,1-2H3,(H,25,28). The molecule has 6 heteroatoms. The summed E-state index contributed by atoms with van der Waals surface area (Å²) < 4.78 is 0. The Morgan fingerprint density at radius 1 is 0.933 bits per heavy atom. The van der Waals surface area contributed by atoms with E-state index in [2.05, 4.69) is 11.4 Å². The van der Waals surface area contributed by atoms with E-state index in [4.69, 9.17) is 4.98 Å². The number of pyridine rings is 1. The number of nitro groups is 1. The molecule has 30 heavy (non-hydrogen) atoms. The lowest BCUT2D eigenvalue weighted by Gasteiger charge is -2.11. The fourth-order valence-corrected chi connectivity index (χ4v) is 3.31. The number of nitrogens with one attached hydrogen (secondary N) is 1. The summed E-state index contributed by atoms with van der Waals surface area (Å²) in [5.41, 5.74) is 5.39. The topological polar surface area (TPSA) is 85.1 Å². The minimum Gasteiger partial charge on any atom is -0.322 e. The zero-order valence-corrected chi connectivity index (χ0v) is 16.5. The second-order valence-corrected chi connectivity index (χ2v) is 7.13. The van der Waals surface area contributed by atoms with E-state index in [9.17, 15) is 14.9 Å². The molecule has 4 rings (SSSR count). The number of rotatable bonds is 4. The van der Waals surface area contributed by atoms with Crippen molar-refractivity contribution in [2.45, 2.75) is 13.8 Å². The highest BCUT2D eigenvalue weighted by atomic mass is 16.6. The number of nitro benzene ring substituents is 1. The van der Waals surface area contributed by atoms with Crippen LogP contribution in [0.25, 0.3) is 22.2 Å².